The Morgan fingerprint density at radius 3 is 3.11 bits per heavy atom. The first-order chi connectivity index (χ1) is 8.29. The van der Waals surface area contributed by atoms with E-state index in [9.17, 15) is 4.79 Å². The largest absolute Gasteiger partial charge is 0.385 e. The van der Waals surface area contributed by atoms with Crippen molar-refractivity contribution in [1.29, 1.82) is 0 Å². The Balaban J connectivity index is 0.00000162. The van der Waals surface area contributed by atoms with Crippen LogP contribution < -0.4 is 10.6 Å². The molecule has 1 aliphatic rings. The Morgan fingerprint density at radius 2 is 2.33 bits per heavy atom. The van der Waals surface area contributed by atoms with Gasteiger partial charge in [0.2, 0.25) is 5.91 Å². The summed E-state index contributed by atoms with van der Waals surface area (Å²) in [6.45, 7) is 1.05. The zero-order valence-corrected chi connectivity index (χ0v) is 12.1. The highest BCUT2D eigenvalue weighted by atomic mass is 35.5. The number of aryl methyl sites for hydroxylation is 1. The number of nitrogens with one attached hydrogen (secondary N) is 2. The van der Waals surface area contributed by atoms with E-state index < -0.39 is 0 Å². The Hall–Kier alpha value is -0.870. The van der Waals surface area contributed by atoms with Crippen molar-refractivity contribution in [1.82, 2.24) is 0 Å². The van der Waals surface area contributed by atoms with E-state index in [1.165, 1.54) is 11.3 Å². The van der Waals surface area contributed by atoms with Gasteiger partial charge in [-0.1, -0.05) is 0 Å². The van der Waals surface area contributed by atoms with Crippen LogP contribution in [0.5, 0.6) is 0 Å². The molecule has 3 nitrogen and oxygen atoms in total. The molecule has 0 atom stereocenters. The Bertz CT molecular complexity index is 412. The summed E-state index contributed by atoms with van der Waals surface area (Å²) in [4.78, 5) is 11.6. The van der Waals surface area contributed by atoms with Gasteiger partial charge in [0.25, 0.3) is 0 Å². The summed E-state index contributed by atoms with van der Waals surface area (Å²) in [5, 5.41) is 6.31. The molecular weight excluding hydrogens is 268 g/mol. The van der Waals surface area contributed by atoms with E-state index in [2.05, 4.69) is 22.8 Å². The molecule has 0 fully saturated rings. The number of hydrogen-bond donors (Lipinski definition) is 2. The number of halogens is 1. The predicted octanol–water partition coefficient (Wildman–Crippen LogP) is 3.16. The van der Waals surface area contributed by atoms with Crippen LogP contribution in [0.15, 0.2) is 18.2 Å². The highest BCUT2D eigenvalue weighted by molar-refractivity contribution is 7.98. The van der Waals surface area contributed by atoms with Gasteiger partial charge in [-0.3, -0.25) is 4.79 Å². The molecule has 1 heterocycles. The molecule has 2 rings (SSSR count). The van der Waals surface area contributed by atoms with E-state index >= 15 is 0 Å². The van der Waals surface area contributed by atoms with Gasteiger partial charge in [0.05, 0.1) is 0 Å². The van der Waals surface area contributed by atoms with Crippen molar-refractivity contribution in [2.45, 2.75) is 19.3 Å². The van der Waals surface area contributed by atoms with Gasteiger partial charge in [0.1, 0.15) is 0 Å². The molecule has 0 spiro atoms. The van der Waals surface area contributed by atoms with Crippen LogP contribution in [-0.2, 0) is 11.2 Å². The second-order valence-corrected chi connectivity index (χ2v) is 5.18. The summed E-state index contributed by atoms with van der Waals surface area (Å²) in [6, 6.07) is 6.10. The lowest BCUT2D eigenvalue weighted by Gasteiger charge is -2.18. The minimum Gasteiger partial charge on any atom is -0.385 e. The fourth-order valence-corrected chi connectivity index (χ4v) is 2.36. The molecule has 0 saturated carbocycles. The lowest BCUT2D eigenvalue weighted by atomic mass is 10.0. The molecule has 1 aromatic carbocycles. The molecule has 0 radical (unpaired) electrons. The maximum atomic E-state index is 11.6. The van der Waals surface area contributed by atoms with E-state index in [0.717, 1.165) is 30.8 Å². The molecule has 100 valence electrons. The van der Waals surface area contributed by atoms with E-state index in [4.69, 9.17) is 0 Å². The number of thioether (sulfide) groups is 1. The zero-order valence-electron chi connectivity index (χ0n) is 10.5. The lowest BCUT2D eigenvalue weighted by molar-refractivity contribution is -0.115. The van der Waals surface area contributed by atoms with Crippen molar-refractivity contribution in [2.24, 2.45) is 0 Å². The second-order valence-electron chi connectivity index (χ2n) is 4.19. The summed E-state index contributed by atoms with van der Waals surface area (Å²) in [6.07, 6.45) is 4.85. The zero-order chi connectivity index (χ0) is 12.1. The quantitative estimate of drug-likeness (QED) is 0.893. The molecule has 0 aliphatic carbocycles. The van der Waals surface area contributed by atoms with Crippen molar-refractivity contribution in [3.63, 3.8) is 0 Å². The van der Waals surface area contributed by atoms with Crippen LogP contribution in [0.1, 0.15) is 18.4 Å². The first-order valence-corrected chi connectivity index (χ1v) is 7.34. The van der Waals surface area contributed by atoms with Gasteiger partial charge in [-0.05, 0) is 42.9 Å². The summed E-state index contributed by atoms with van der Waals surface area (Å²) >= 11 is 1.69. The van der Waals surface area contributed by atoms with Crippen LogP contribution in [-0.4, -0.2) is 24.5 Å². The van der Waals surface area contributed by atoms with Gasteiger partial charge in [-0.25, -0.2) is 0 Å². The van der Waals surface area contributed by atoms with Gasteiger partial charge >= 0.3 is 0 Å². The predicted molar refractivity (Wildman–Crippen MR) is 82.1 cm³/mol. The van der Waals surface area contributed by atoms with Crippen LogP contribution in [0, 0.1) is 0 Å². The number of amides is 1. The number of carbonyl (C=O) groups excluding carboxylic acids is 1. The minimum absolute atomic E-state index is 0. The molecular formula is C13H19ClN2OS. The highest BCUT2D eigenvalue weighted by Crippen LogP contribution is 2.25. The van der Waals surface area contributed by atoms with Crippen LogP contribution in [0.25, 0.3) is 0 Å². The first-order valence-electron chi connectivity index (χ1n) is 5.95. The summed E-state index contributed by atoms with van der Waals surface area (Å²) in [7, 11) is 0. The third-order valence-electron chi connectivity index (χ3n) is 2.86. The molecule has 5 heteroatoms. The van der Waals surface area contributed by atoms with Crippen molar-refractivity contribution in [2.75, 3.05) is 29.2 Å². The fourth-order valence-electron chi connectivity index (χ4n) is 1.97. The topological polar surface area (TPSA) is 41.1 Å². The van der Waals surface area contributed by atoms with E-state index in [1.807, 2.05) is 12.3 Å². The molecule has 0 saturated heterocycles. The van der Waals surface area contributed by atoms with E-state index in [1.54, 1.807) is 11.8 Å². The third-order valence-corrected chi connectivity index (χ3v) is 3.47. The van der Waals surface area contributed by atoms with Crippen molar-refractivity contribution < 1.29 is 4.79 Å². The summed E-state index contributed by atoms with van der Waals surface area (Å²) < 4.78 is 0. The SMILES string of the molecule is CSCCC(=O)Nc1ccc2c(c1)CCCN2.Cl. The highest BCUT2D eigenvalue weighted by Gasteiger charge is 2.09. The number of rotatable bonds is 4. The molecule has 1 aromatic rings. The number of anilines is 2. The van der Waals surface area contributed by atoms with Gasteiger partial charge in [0.15, 0.2) is 0 Å². The molecule has 0 bridgehead atoms. The van der Waals surface area contributed by atoms with Crippen molar-refractivity contribution in [3.8, 4) is 0 Å². The monoisotopic (exact) mass is 286 g/mol. The Kier molecular flexibility index (Phi) is 6.36. The molecule has 18 heavy (non-hydrogen) atoms. The maximum absolute atomic E-state index is 11.6. The van der Waals surface area contributed by atoms with Crippen LogP contribution in [0.2, 0.25) is 0 Å². The molecule has 1 aliphatic heterocycles. The minimum atomic E-state index is 0. The standard InChI is InChI=1S/C13H18N2OS.ClH/c1-17-8-6-13(16)15-11-4-5-12-10(9-11)3-2-7-14-12;/h4-5,9,14H,2-3,6-8H2,1H3,(H,15,16);1H. The Morgan fingerprint density at radius 1 is 1.50 bits per heavy atom. The number of carbonyl (C=O) groups is 1. The van der Waals surface area contributed by atoms with E-state index in [0.29, 0.717) is 6.42 Å². The number of hydrogen-bond acceptors (Lipinski definition) is 3. The molecule has 0 unspecified atom stereocenters. The van der Waals surface area contributed by atoms with Gasteiger partial charge in [-0.15, -0.1) is 12.4 Å². The third kappa shape index (κ3) is 4.10. The first kappa shape index (κ1) is 15.2. The van der Waals surface area contributed by atoms with Crippen LogP contribution in [0.4, 0.5) is 11.4 Å². The van der Waals surface area contributed by atoms with Crippen LogP contribution >= 0.6 is 24.2 Å². The van der Waals surface area contributed by atoms with Gasteiger partial charge in [-0.2, -0.15) is 11.8 Å². The summed E-state index contributed by atoms with van der Waals surface area (Å²) in [5.74, 6) is 0.973. The van der Waals surface area contributed by atoms with Gasteiger partial charge in [0, 0.05) is 30.1 Å². The Labute approximate surface area is 119 Å². The fraction of sp³-hybridized carbons (Fsp3) is 0.462. The van der Waals surface area contributed by atoms with Crippen molar-refractivity contribution >= 4 is 41.5 Å². The van der Waals surface area contributed by atoms with E-state index in [-0.39, 0.29) is 18.3 Å². The average Bonchev–Trinajstić information content (AvgIpc) is 2.36. The maximum Gasteiger partial charge on any atom is 0.225 e. The number of fused-ring (bicyclic) bond motifs is 1. The van der Waals surface area contributed by atoms with Crippen molar-refractivity contribution in [3.05, 3.63) is 23.8 Å². The summed E-state index contributed by atoms with van der Waals surface area (Å²) in [5.41, 5.74) is 3.43. The average molecular weight is 287 g/mol. The number of benzene rings is 1. The molecule has 2 N–H and O–H groups in total. The molecule has 1 amide bonds. The van der Waals surface area contributed by atoms with Gasteiger partial charge < -0.3 is 10.6 Å². The lowest BCUT2D eigenvalue weighted by Crippen LogP contribution is -2.14. The second kappa shape index (κ2) is 7.54. The smallest absolute Gasteiger partial charge is 0.225 e. The molecule has 0 aromatic heterocycles. The normalized spacial score (nSPS) is 12.9. The van der Waals surface area contributed by atoms with Crippen LogP contribution in [0.3, 0.4) is 0 Å².